The van der Waals surface area contributed by atoms with E-state index in [2.05, 4.69) is 38.5 Å². The highest BCUT2D eigenvalue weighted by Gasteiger charge is 2.27. The Bertz CT molecular complexity index is 1610. The van der Waals surface area contributed by atoms with Crippen LogP contribution in [0.4, 0.5) is 0 Å². The number of hydrogen-bond donors (Lipinski definition) is 2. The van der Waals surface area contributed by atoms with E-state index in [1.807, 2.05) is 35.7 Å². The van der Waals surface area contributed by atoms with Crippen LogP contribution in [0.1, 0.15) is 43.3 Å². The number of pyridine rings is 1. The Balaban J connectivity index is 1.27. The summed E-state index contributed by atoms with van der Waals surface area (Å²) in [5.74, 6) is -0.805. The highest BCUT2D eigenvalue weighted by atomic mass is 32.1. The van der Waals surface area contributed by atoms with Crippen molar-refractivity contribution in [2.75, 3.05) is 0 Å². The molecular formula is C26H19N7O2S. The summed E-state index contributed by atoms with van der Waals surface area (Å²) >= 11 is 1.67. The van der Waals surface area contributed by atoms with Gasteiger partial charge in [0.15, 0.2) is 0 Å². The van der Waals surface area contributed by atoms with Crippen LogP contribution in [0.3, 0.4) is 0 Å². The fraction of sp³-hybridized carbons (Fsp3) is 0.0769. The number of aromatic nitrogens is 5. The molecule has 3 heterocycles. The quantitative estimate of drug-likeness (QED) is 0.368. The molecule has 0 bridgehead atoms. The van der Waals surface area contributed by atoms with Gasteiger partial charge in [-0.3, -0.25) is 20.4 Å². The predicted molar refractivity (Wildman–Crippen MR) is 136 cm³/mol. The van der Waals surface area contributed by atoms with Gasteiger partial charge in [0.2, 0.25) is 0 Å². The van der Waals surface area contributed by atoms with Gasteiger partial charge in [0.1, 0.15) is 6.33 Å². The highest BCUT2D eigenvalue weighted by molar-refractivity contribution is 7.10. The lowest BCUT2D eigenvalue weighted by molar-refractivity contribution is 0.0847. The average molecular weight is 494 g/mol. The van der Waals surface area contributed by atoms with Crippen molar-refractivity contribution in [1.29, 1.82) is 0 Å². The van der Waals surface area contributed by atoms with Crippen molar-refractivity contribution in [3.8, 4) is 5.69 Å². The minimum absolute atomic E-state index is 0.374. The van der Waals surface area contributed by atoms with Crippen LogP contribution in [0.25, 0.3) is 28.2 Å². The molecule has 0 radical (unpaired) electrons. The van der Waals surface area contributed by atoms with Crippen molar-refractivity contribution in [3.63, 3.8) is 0 Å². The molecule has 1 aliphatic carbocycles. The number of carbonyl (C=O) groups is 2. The van der Waals surface area contributed by atoms with Crippen molar-refractivity contribution in [3.05, 3.63) is 99.6 Å². The van der Waals surface area contributed by atoms with Crippen LogP contribution in [0.15, 0.2) is 72.4 Å². The summed E-state index contributed by atoms with van der Waals surface area (Å²) in [4.78, 5) is 32.1. The van der Waals surface area contributed by atoms with Gasteiger partial charge in [-0.2, -0.15) is 0 Å². The number of fused-ring (bicyclic) bond motifs is 2. The maximum absolute atomic E-state index is 13.4. The van der Waals surface area contributed by atoms with Gasteiger partial charge < -0.3 is 0 Å². The number of allylic oxidation sites excluding steroid dienone is 1. The van der Waals surface area contributed by atoms with Gasteiger partial charge in [0.05, 0.1) is 22.5 Å². The van der Waals surface area contributed by atoms with Gasteiger partial charge in [-0.1, -0.05) is 24.3 Å². The monoisotopic (exact) mass is 493 g/mol. The second-order valence-electron chi connectivity index (χ2n) is 8.23. The normalized spacial score (nSPS) is 13.6. The first-order valence-corrected chi connectivity index (χ1v) is 12.2. The van der Waals surface area contributed by atoms with E-state index in [-0.39, 0.29) is 5.91 Å². The summed E-state index contributed by atoms with van der Waals surface area (Å²) in [7, 11) is 0. The molecule has 176 valence electrons. The summed E-state index contributed by atoms with van der Waals surface area (Å²) in [5.41, 5.74) is 10.4. The number of hydrazine groups is 1. The fourth-order valence-electron chi connectivity index (χ4n) is 4.38. The molecule has 0 fully saturated rings. The summed E-state index contributed by atoms with van der Waals surface area (Å²) in [6.45, 7) is 0. The van der Waals surface area contributed by atoms with Gasteiger partial charge in [0.25, 0.3) is 11.8 Å². The first kappa shape index (κ1) is 21.8. The van der Waals surface area contributed by atoms with Gasteiger partial charge in [0, 0.05) is 15.8 Å². The minimum Gasteiger partial charge on any atom is -0.267 e. The third kappa shape index (κ3) is 4.03. The molecular weight excluding hydrogens is 474 g/mol. The third-order valence-corrected chi connectivity index (χ3v) is 6.88. The lowest BCUT2D eigenvalue weighted by atomic mass is 10.0. The number of nitrogens with zero attached hydrogens (tertiary/aromatic N) is 5. The minimum atomic E-state index is -0.431. The van der Waals surface area contributed by atoms with Crippen LogP contribution in [-0.4, -0.2) is 37.0 Å². The van der Waals surface area contributed by atoms with Crippen LogP contribution in [0.2, 0.25) is 0 Å². The Morgan fingerprint density at radius 2 is 1.78 bits per heavy atom. The number of thiophene rings is 1. The van der Waals surface area contributed by atoms with Gasteiger partial charge >= 0.3 is 0 Å². The molecule has 36 heavy (non-hydrogen) atoms. The van der Waals surface area contributed by atoms with Crippen LogP contribution >= 0.6 is 11.3 Å². The van der Waals surface area contributed by atoms with E-state index in [0.29, 0.717) is 23.2 Å². The Labute approximate surface area is 209 Å². The molecule has 0 saturated carbocycles. The van der Waals surface area contributed by atoms with E-state index in [9.17, 15) is 9.59 Å². The van der Waals surface area contributed by atoms with Crippen molar-refractivity contribution in [2.24, 2.45) is 0 Å². The summed E-state index contributed by atoms with van der Waals surface area (Å²) in [6.07, 6.45) is 5.12. The number of amides is 2. The summed E-state index contributed by atoms with van der Waals surface area (Å²) in [5, 5.41) is 13.8. The molecule has 0 saturated heterocycles. The third-order valence-electron chi connectivity index (χ3n) is 6.06. The Morgan fingerprint density at radius 3 is 2.56 bits per heavy atom. The largest absolute Gasteiger partial charge is 0.270 e. The zero-order valence-electron chi connectivity index (χ0n) is 18.9. The SMILES string of the molecule is O=C(NNC(=O)c1c2c(nc3ccccc13)/C(=C\c1cccs1)CC2)c1ccc(-n2cnnn2)cc1. The van der Waals surface area contributed by atoms with Crippen molar-refractivity contribution in [1.82, 2.24) is 36.0 Å². The van der Waals surface area contributed by atoms with E-state index in [1.165, 1.54) is 11.0 Å². The molecule has 0 aliphatic heterocycles. The molecule has 6 rings (SSSR count). The fourth-order valence-corrected chi connectivity index (χ4v) is 5.06. The summed E-state index contributed by atoms with van der Waals surface area (Å²) < 4.78 is 1.49. The molecule has 0 spiro atoms. The van der Waals surface area contributed by atoms with Crippen molar-refractivity contribution < 1.29 is 9.59 Å². The van der Waals surface area contributed by atoms with E-state index in [1.54, 1.807) is 35.6 Å². The van der Waals surface area contributed by atoms with Crippen LogP contribution in [-0.2, 0) is 6.42 Å². The number of tetrazole rings is 1. The maximum atomic E-state index is 13.4. The standard InChI is InChI=1S/C26H19N7O2S/c34-25(16-7-10-18(11-8-16)33-15-27-31-32-33)29-30-26(35)23-20-5-1-2-6-22(20)28-24-17(9-12-21(23)24)14-19-4-3-13-36-19/h1-8,10-11,13-15H,9,12H2,(H,29,34)(H,30,35)/b17-14-. The molecule has 3 aromatic heterocycles. The average Bonchev–Trinajstić information content (AvgIpc) is 3.69. The van der Waals surface area contributed by atoms with Crippen molar-refractivity contribution >= 4 is 45.7 Å². The first-order valence-electron chi connectivity index (χ1n) is 11.3. The zero-order chi connectivity index (χ0) is 24.5. The zero-order valence-corrected chi connectivity index (χ0v) is 19.7. The van der Waals surface area contributed by atoms with Crippen LogP contribution in [0, 0.1) is 0 Å². The topological polar surface area (TPSA) is 115 Å². The van der Waals surface area contributed by atoms with Gasteiger partial charge in [-0.15, -0.1) is 16.4 Å². The van der Waals surface area contributed by atoms with E-state index in [4.69, 9.17) is 4.98 Å². The highest BCUT2D eigenvalue weighted by Crippen LogP contribution is 2.37. The summed E-state index contributed by atoms with van der Waals surface area (Å²) in [6, 6.07) is 18.4. The maximum Gasteiger partial charge on any atom is 0.270 e. The van der Waals surface area contributed by atoms with Gasteiger partial charge in [-0.05, 0) is 82.3 Å². The molecule has 10 heteroatoms. The van der Waals surface area contributed by atoms with Crippen LogP contribution in [0.5, 0.6) is 0 Å². The van der Waals surface area contributed by atoms with E-state index >= 15 is 0 Å². The smallest absolute Gasteiger partial charge is 0.267 e. The van der Waals surface area contributed by atoms with Crippen LogP contribution < -0.4 is 10.9 Å². The van der Waals surface area contributed by atoms with Crippen molar-refractivity contribution in [2.45, 2.75) is 12.8 Å². The predicted octanol–water partition coefficient (Wildman–Crippen LogP) is 3.83. The number of benzene rings is 2. The lowest BCUT2D eigenvalue weighted by Gasteiger charge is -2.13. The molecule has 2 aromatic carbocycles. The molecule has 2 amide bonds. The number of hydrogen-bond acceptors (Lipinski definition) is 7. The second-order valence-corrected chi connectivity index (χ2v) is 9.20. The number of para-hydroxylation sites is 1. The Hall–Kier alpha value is -4.70. The van der Waals surface area contributed by atoms with E-state index in [0.717, 1.165) is 39.0 Å². The number of rotatable bonds is 4. The molecule has 5 aromatic rings. The Morgan fingerprint density at radius 1 is 0.944 bits per heavy atom. The number of nitrogens with one attached hydrogen (secondary N) is 2. The lowest BCUT2D eigenvalue weighted by Crippen LogP contribution is -2.42. The van der Waals surface area contributed by atoms with Gasteiger partial charge in [-0.25, -0.2) is 9.67 Å². The molecule has 2 N–H and O–H groups in total. The first-order chi connectivity index (χ1) is 17.7. The number of carbonyl (C=O) groups excluding carboxylic acids is 2. The molecule has 9 nitrogen and oxygen atoms in total. The molecule has 0 atom stereocenters. The molecule has 1 aliphatic rings. The van der Waals surface area contributed by atoms with E-state index < -0.39 is 5.91 Å². The Kier molecular flexibility index (Phi) is 5.55. The molecule has 0 unspecified atom stereocenters. The second kappa shape index (κ2) is 9.16.